The van der Waals surface area contributed by atoms with Crippen molar-refractivity contribution in [3.05, 3.63) is 63.1 Å². The third-order valence-corrected chi connectivity index (χ3v) is 4.35. The standard InChI is InChI=1S/C17H17BrClNO/c18-13-4-1-3-12(9-13)11-21-17-6-2-5-16(19)15(17)10-20-14-7-8-14/h1-6,9,14,20H,7-8,10-11H2. The zero-order valence-electron chi connectivity index (χ0n) is 11.6. The van der Waals surface area contributed by atoms with Gasteiger partial charge in [0.05, 0.1) is 0 Å². The molecule has 0 radical (unpaired) electrons. The summed E-state index contributed by atoms with van der Waals surface area (Å²) in [5.41, 5.74) is 2.17. The fourth-order valence-corrected chi connectivity index (χ4v) is 2.85. The highest BCUT2D eigenvalue weighted by atomic mass is 79.9. The van der Waals surface area contributed by atoms with Gasteiger partial charge < -0.3 is 10.1 Å². The fourth-order valence-electron chi connectivity index (χ4n) is 2.17. The van der Waals surface area contributed by atoms with Gasteiger partial charge in [-0.05, 0) is 42.7 Å². The van der Waals surface area contributed by atoms with Gasteiger partial charge in [0.15, 0.2) is 0 Å². The maximum absolute atomic E-state index is 6.31. The molecule has 0 aromatic heterocycles. The van der Waals surface area contributed by atoms with E-state index in [4.69, 9.17) is 16.3 Å². The first-order valence-corrected chi connectivity index (χ1v) is 8.27. The molecule has 110 valence electrons. The molecule has 1 saturated carbocycles. The Morgan fingerprint density at radius 3 is 2.76 bits per heavy atom. The van der Waals surface area contributed by atoms with Gasteiger partial charge >= 0.3 is 0 Å². The van der Waals surface area contributed by atoms with Crippen LogP contribution in [0.15, 0.2) is 46.9 Å². The summed E-state index contributed by atoms with van der Waals surface area (Å²) in [6.07, 6.45) is 2.53. The SMILES string of the molecule is Clc1cccc(OCc2cccc(Br)c2)c1CNC1CC1. The Bertz CT molecular complexity index is 628. The van der Waals surface area contributed by atoms with Crippen molar-refractivity contribution in [2.45, 2.75) is 32.0 Å². The Morgan fingerprint density at radius 2 is 2.00 bits per heavy atom. The smallest absolute Gasteiger partial charge is 0.125 e. The molecule has 2 aromatic carbocycles. The average Bonchev–Trinajstić information content (AvgIpc) is 3.28. The second-order valence-corrected chi connectivity index (χ2v) is 6.61. The molecular weight excluding hydrogens is 350 g/mol. The van der Waals surface area contributed by atoms with Crippen molar-refractivity contribution in [3.8, 4) is 5.75 Å². The Morgan fingerprint density at radius 1 is 1.19 bits per heavy atom. The Kier molecular flexibility index (Phi) is 4.84. The summed E-state index contributed by atoms with van der Waals surface area (Å²) < 4.78 is 7.03. The van der Waals surface area contributed by atoms with Gasteiger partial charge in [-0.1, -0.05) is 45.7 Å². The summed E-state index contributed by atoms with van der Waals surface area (Å²) in [5.74, 6) is 0.857. The number of hydrogen-bond donors (Lipinski definition) is 1. The van der Waals surface area contributed by atoms with Gasteiger partial charge in [0, 0.05) is 27.6 Å². The lowest BCUT2D eigenvalue weighted by molar-refractivity contribution is 0.302. The Balaban J connectivity index is 1.70. The Hall–Kier alpha value is -1.03. The molecule has 1 aliphatic carbocycles. The first-order valence-electron chi connectivity index (χ1n) is 7.10. The number of benzene rings is 2. The maximum atomic E-state index is 6.31. The van der Waals surface area contributed by atoms with Gasteiger partial charge in [0.2, 0.25) is 0 Å². The highest BCUT2D eigenvalue weighted by Gasteiger charge is 2.21. The van der Waals surface area contributed by atoms with Crippen molar-refractivity contribution in [2.24, 2.45) is 0 Å². The van der Waals surface area contributed by atoms with Gasteiger partial charge in [-0.25, -0.2) is 0 Å². The fraction of sp³-hybridized carbons (Fsp3) is 0.294. The highest BCUT2D eigenvalue weighted by molar-refractivity contribution is 9.10. The highest BCUT2D eigenvalue weighted by Crippen LogP contribution is 2.29. The number of halogens is 2. The van der Waals surface area contributed by atoms with Crippen LogP contribution in [0.3, 0.4) is 0 Å². The van der Waals surface area contributed by atoms with Gasteiger partial charge in [-0.3, -0.25) is 0 Å². The molecule has 1 fully saturated rings. The van der Waals surface area contributed by atoms with E-state index in [2.05, 4.69) is 33.4 Å². The first-order chi connectivity index (χ1) is 10.2. The predicted octanol–water partition coefficient (Wildman–Crippen LogP) is 4.93. The topological polar surface area (TPSA) is 21.3 Å². The zero-order valence-corrected chi connectivity index (χ0v) is 14.0. The van der Waals surface area contributed by atoms with Gasteiger partial charge in [0.25, 0.3) is 0 Å². The summed E-state index contributed by atoms with van der Waals surface area (Å²) in [6, 6.07) is 14.6. The normalized spacial score (nSPS) is 14.2. The van der Waals surface area contributed by atoms with Crippen molar-refractivity contribution in [1.29, 1.82) is 0 Å². The monoisotopic (exact) mass is 365 g/mol. The molecule has 0 atom stereocenters. The van der Waals surface area contributed by atoms with Crippen LogP contribution < -0.4 is 10.1 Å². The van der Waals surface area contributed by atoms with Crippen molar-refractivity contribution in [1.82, 2.24) is 5.32 Å². The van der Waals surface area contributed by atoms with Gasteiger partial charge in [0.1, 0.15) is 12.4 Å². The van der Waals surface area contributed by atoms with E-state index in [-0.39, 0.29) is 0 Å². The Labute approximate surface area is 138 Å². The number of ether oxygens (including phenoxy) is 1. The van der Waals surface area contributed by atoms with Crippen LogP contribution in [-0.4, -0.2) is 6.04 Å². The van der Waals surface area contributed by atoms with Crippen LogP contribution in [-0.2, 0) is 13.2 Å². The van der Waals surface area contributed by atoms with E-state index in [0.29, 0.717) is 12.6 Å². The van der Waals surface area contributed by atoms with E-state index in [1.807, 2.05) is 30.3 Å². The summed E-state index contributed by atoms with van der Waals surface area (Å²) in [6.45, 7) is 1.30. The third-order valence-electron chi connectivity index (χ3n) is 3.50. The molecule has 1 aliphatic rings. The molecule has 0 spiro atoms. The van der Waals surface area contributed by atoms with E-state index in [9.17, 15) is 0 Å². The van der Waals surface area contributed by atoms with Crippen molar-refractivity contribution in [3.63, 3.8) is 0 Å². The average molecular weight is 367 g/mol. The number of nitrogens with one attached hydrogen (secondary N) is 1. The van der Waals surface area contributed by atoms with Crippen molar-refractivity contribution >= 4 is 27.5 Å². The summed E-state index contributed by atoms with van der Waals surface area (Å²) in [5, 5.41) is 4.25. The molecule has 0 heterocycles. The minimum atomic E-state index is 0.538. The summed E-state index contributed by atoms with van der Waals surface area (Å²) >= 11 is 9.79. The lowest BCUT2D eigenvalue weighted by Gasteiger charge is -2.14. The van der Waals surface area contributed by atoms with E-state index in [1.165, 1.54) is 12.8 Å². The largest absolute Gasteiger partial charge is 0.489 e. The van der Waals surface area contributed by atoms with E-state index >= 15 is 0 Å². The van der Waals surface area contributed by atoms with Crippen molar-refractivity contribution < 1.29 is 4.74 Å². The molecule has 0 aliphatic heterocycles. The van der Waals surface area contributed by atoms with Crippen LogP contribution in [0.1, 0.15) is 24.0 Å². The second kappa shape index (κ2) is 6.82. The predicted molar refractivity (Wildman–Crippen MR) is 89.8 cm³/mol. The van der Waals surface area contributed by atoms with Gasteiger partial charge in [-0.2, -0.15) is 0 Å². The quantitative estimate of drug-likeness (QED) is 0.782. The van der Waals surface area contributed by atoms with Crippen LogP contribution in [0.25, 0.3) is 0 Å². The summed E-state index contributed by atoms with van der Waals surface area (Å²) in [7, 11) is 0. The van der Waals surface area contributed by atoms with Crippen molar-refractivity contribution in [2.75, 3.05) is 0 Å². The molecule has 0 amide bonds. The second-order valence-electron chi connectivity index (χ2n) is 5.29. The molecular formula is C17H17BrClNO. The molecule has 0 unspecified atom stereocenters. The van der Waals surface area contributed by atoms with E-state index < -0.39 is 0 Å². The van der Waals surface area contributed by atoms with Crippen LogP contribution in [0.4, 0.5) is 0 Å². The van der Waals surface area contributed by atoms with Gasteiger partial charge in [-0.15, -0.1) is 0 Å². The van der Waals surface area contributed by atoms with E-state index in [0.717, 1.165) is 32.9 Å². The minimum Gasteiger partial charge on any atom is -0.489 e. The third kappa shape index (κ3) is 4.22. The van der Waals surface area contributed by atoms with E-state index in [1.54, 1.807) is 0 Å². The van der Waals surface area contributed by atoms with Crippen LogP contribution in [0, 0.1) is 0 Å². The number of rotatable bonds is 6. The molecule has 2 nitrogen and oxygen atoms in total. The minimum absolute atomic E-state index is 0.538. The summed E-state index contributed by atoms with van der Waals surface area (Å²) in [4.78, 5) is 0. The molecule has 0 bridgehead atoms. The molecule has 21 heavy (non-hydrogen) atoms. The lowest BCUT2D eigenvalue weighted by atomic mass is 10.2. The zero-order chi connectivity index (χ0) is 14.7. The molecule has 4 heteroatoms. The number of hydrogen-bond acceptors (Lipinski definition) is 2. The maximum Gasteiger partial charge on any atom is 0.125 e. The van der Waals surface area contributed by atoms with Crippen LogP contribution in [0.2, 0.25) is 5.02 Å². The van der Waals surface area contributed by atoms with Crippen LogP contribution in [0.5, 0.6) is 5.75 Å². The molecule has 0 saturated heterocycles. The molecule has 2 aromatic rings. The first kappa shape index (κ1) is 14.9. The van der Waals surface area contributed by atoms with Crippen LogP contribution >= 0.6 is 27.5 Å². The molecule has 3 rings (SSSR count). The molecule has 1 N–H and O–H groups in total. The lowest BCUT2D eigenvalue weighted by Crippen LogP contribution is -2.16.